The van der Waals surface area contributed by atoms with Crippen molar-refractivity contribution in [2.24, 2.45) is 0 Å². The molecule has 2 amide bonds. The van der Waals surface area contributed by atoms with Gasteiger partial charge in [-0.3, -0.25) is 9.59 Å². The number of hydrogen-bond acceptors (Lipinski definition) is 3. The lowest BCUT2D eigenvalue weighted by atomic mass is 10.1. The Balaban J connectivity index is 1.59. The van der Waals surface area contributed by atoms with Gasteiger partial charge in [-0.15, -0.1) is 11.3 Å². The molecule has 4 nitrogen and oxygen atoms in total. The average molecular weight is 346 g/mol. The van der Waals surface area contributed by atoms with E-state index in [0.717, 1.165) is 11.3 Å². The van der Waals surface area contributed by atoms with Gasteiger partial charge in [0, 0.05) is 26.2 Å². The Morgan fingerprint density at radius 3 is 2.58 bits per heavy atom. The smallest absolute Gasteiger partial charge is 0.263 e. The zero-order valence-electron chi connectivity index (χ0n) is 13.3. The van der Waals surface area contributed by atoms with Crippen LogP contribution in [0.4, 0.5) is 4.39 Å². The molecule has 1 fully saturated rings. The van der Waals surface area contributed by atoms with Crippen LogP contribution >= 0.6 is 11.3 Å². The quantitative estimate of drug-likeness (QED) is 0.857. The van der Waals surface area contributed by atoms with Crippen molar-refractivity contribution in [1.29, 1.82) is 0 Å². The summed E-state index contributed by atoms with van der Waals surface area (Å²) in [6.07, 6.45) is 0.947. The van der Waals surface area contributed by atoms with Gasteiger partial charge in [0.1, 0.15) is 5.82 Å². The molecule has 1 aromatic carbocycles. The molecule has 126 valence electrons. The zero-order chi connectivity index (χ0) is 16.9. The fraction of sp³-hybridized carbons (Fsp3) is 0.333. The van der Waals surface area contributed by atoms with Crippen LogP contribution in [0.3, 0.4) is 0 Å². The van der Waals surface area contributed by atoms with E-state index in [0.29, 0.717) is 31.7 Å². The third-order valence-electron chi connectivity index (χ3n) is 4.11. The molecule has 0 bridgehead atoms. The van der Waals surface area contributed by atoms with Crippen LogP contribution in [-0.4, -0.2) is 47.8 Å². The van der Waals surface area contributed by atoms with Gasteiger partial charge in [-0.1, -0.05) is 18.2 Å². The standard InChI is InChI=1S/C18H19FN2O2S/c19-15-5-1-4-14(12-15)13-17(22)20-7-3-8-21(10-9-20)18(23)16-6-2-11-24-16/h1-2,4-6,11-12H,3,7-10,13H2. The van der Waals surface area contributed by atoms with Crippen LogP contribution in [0.25, 0.3) is 0 Å². The van der Waals surface area contributed by atoms with Crippen molar-refractivity contribution < 1.29 is 14.0 Å². The van der Waals surface area contributed by atoms with E-state index in [1.165, 1.54) is 23.5 Å². The monoisotopic (exact) mass is 346 g/mol. The lowest BCUT2D eigenvalue weighted by Crippen LogP contribution is -2.37. The van der Waals surface area contributed by atoms with Crippen LogP contribution in [0.5, 0.6) is 0 Å². The number of rotatable bonds is 3. The summed E-state index contributed by atoms with van der Waals surface area (Å²) in [6, 6.07) is 9.82. The van der Waals surface area contributed by atoms with E-state index in [9.17, 15) is 14.0 Å². The predicted octanol–water partition coefficient (Wildman–Crippen LogP) is 2.80. The van der Waals surface area contributed by atoms with Crippen LogP contribution in [0.15, 0.2) is 41.8 Å². The molecule has 2 heterocycles. The molecule has 1 aliphatic heterocycles. The lowest BCUT2D eigenvalue weighted by Gasteiger charge is -2.22. The van der Waals surface area contributed by atoms with Crippen molar-refractivity contribution >= 4 is 23.2 Å². The second-order valence-electron chi connectivity index (χ2n) is 5.81. The molecule has 0 atom stereocenters. The molecule has 3 rings (SSSR count). The van der Waals surface area contributed by atoms with Crippen molar-refractivity contribution in [2.75, 3.05) is 26.2 Å². The van der Waals surface area contributed by atoms with Gasteiger partial charge in [0.25, 0.3) is 5.91 Å². The van der Waals surface area contributed by atoms with Gasteiger partial charge in [0.15, 0.2) is 0 Å². The maximum atomic E-state index is 13.2. The van der Waals surface area contributed by atoms with Crippen molar-refractivity contribution in [3.8, 4) is 0 Å². The zero-order valence-corrected chi connectivity index (χ0v) is 14.1. The second-order valence-corrected chi connectivity index (χ2v) is 6.76. The van der Waals surface area contributed by atoms with Gasteiger partial charge in [0.05, 0.1) is 11.3 Å². The third kappa shape index (κ3) is 4.00. The minimum Gasteiger partial charge on any atom is -0.341 e. The SMILES string of the molecule is O=C(Cc1cccc(F)c1)N1CCCN(C(=O)c2cccs2)CC1. The van der Waals surface area contributed by atoms with Gasteiger partial charge < -0.3 is 9.80 Å². The summed E-state index contributed by atoms with van der Waals surface area (Å²) in [5.74, 6) is -0.320. The topological polar surface area (TPSA) is 40.6 Å². The van der Waals surface area contributed by atoms with Gasteiger partial charge in [-0.05, 0) is 35.6 Å². The Bertz CT molecular complexity index is 718. The Morgan fingerprint density at radius 1 is 1.04 bits per heavy atom. The number of thiophene rings is 1. The summed E-state index contributed by atoms with van der Waals surface area (Å²) >= 11 is 1.43. The average Bonchev–Trinajstić information content (AvgIpc) is 2.98. The molecule has 0 N–H and O–H groups in total. The fourth-order valence-corrected chi connectivity index (χ4v) is 3.55. The second kappa shape index (κ2) is 7.57. The van der Waals surface area contributed by atoms with E-state index in [-0.39, 0.29) is 24.1 Å². The summed E-state index contributed by atoms with van der Waals surface area (Å²) < 4.78 is 13.2. The molecular formula is C18H19FN2O2S. The maximum Gasteiger partial charge on any atom is 0.263 e. The van der Waals surface area contributed by atoms with E-state index in [4.69, 9.17) is 0 Å². The first-order valence-electron chi connectivity index (χ1n) is 7.98. The van der Waals surface area contributed by atoms with Gasteiger partial charge in [0.2, 0.25) is 5.91 Å². The van der Waals surface area contributed by atoms with Crippen LogP contribution in [0.2, 0.25) is 0 Å². The predicted molar refractivity (Wildman–Crippen MR) is 91.5 cm³/mol. The summed E-state index contributed by atoms with van der Waals surface area (Å²) in [6.45, 7) is 2.33. The molecule has 1 aromatic heterocycles. The molecule has 0 radical (unpaired) electrons. The molecule has 0 saturated carbocycles. The molecule has 0 spiro atoms. The van der Waals surface area contributed by atoms with Crippen LogP contribution < -0.4 is 0 Å². The van der Waals surface area contributed by atoms with E-state index in [2.05, 4.69) is 0 Å². The highest BCUT2D eigenvalue weighted by atomic mass is 32.1. The first-order valence-corrected chi connectivity index (χ1v) is 8.86. The minimum absolute atomic E-state index is 0.0222. The molecule has 0 unspecified atom stereocenters. The maximum absolute atomic E-state index is 13.2. The molecule has 1 aliphatic rings. The van der Waals surface area contributed by atoms with Crippen molar-refractivity contribution in [3.05, 3.63) is 58.0 Å². The molecule has 0 aliphatic carbocycles. The molecule has 6 heteroatoms. The molecule has 24 heavy (non-hydrogen) atoms. The van der Waals surface area contributed by atoms with E-state index in [1.54, 1.807) is 21.9 Å². The highest BCUT2D eigenvalue weighted by Crippen LogP contribution is 2.15. The molecule has 1 saturated heterocycles. The van der Waals surface area contributed by atoms with E-state index in [1.807, 2.05) is 17.5 Å². The highest BCUT2D eigenvalue weighted by Gasteiger charge is 2.23. The van der Waals surface area contributed by atoms with Crippen LogP contribution in [-0.2, 0) is 11.2 Å². The Hall–Kier alpha value is -2.21. The lowest BCUT2D eigenvalue weighted by molar-refractivity contribution is -0.130. The molecular weight excluding hydrogens is 327 g/mol. The van der Waals surface area contributed by atoms with Gasteiger partial charge >= 0.3 is 0 Å². The van der Waals surface area contributed by atoms with E-state index >= 15 is 0 Å². The summed E-state index contributed by atoms with van der Waals surface area (Å²) in [7, 11) is 0. The Labute approximate surface area is 144 Å². The highest BCUT2D eigenvalue weighted by molar-refractivity contribution is 7.12. The third-order valence-corrected chi connectivity index (χ3v) is 4.97. The van der Waals surface area contributed by atoms with E-state index < -0.39 is 0 Å². The number of halogens is 1. The first kappa shape index (κ1) is 16.6. The van der Waals surface area contributed by atoms with Crippen molar-refractivity contribution in [2.45, 2.75) is 12.8 Å². The summed E-state index contributed by atoms with van der Waals surface area (Å²) in [4.78, 5) is 29.2. The number of amides is 2. The van der Waals surface area contributed by atoms with Crippen molar-refractivity contribution in [3.63, 3.8) is 0 Å². The fourth-order valence-electron chi connectivity index (χ4n) is 2.86. The normalized spacial score (nSPS) is 15.2. The number of carbonyl (C=O) groups is 2. The van der Waals surface area contributed by atoms with Gasteiger partial charge in [-0.2, -0.15) is 0 Å². The van der Waals surface area contributed by atoms with Gasteiger partial charge in [-0.25, -0.2) is 4.39 Å². The minimum atomic E-state index is -0.330. The summed E-state index contributed by atoms with van der Waals surface area (Å²) in [5, 5.41) is 1.89. The number of hydrogen-bond donors (Lipinski definition) is 0. The van der Waals surface area contributed by atoms with Crippen molar-refractivity contribution in [1.82, 2.24) is 9.80 Å². The molecule has 2 aromatic rings. The summed E-state index contributed by atoms with van der Waals surface area (Å²) in [5.41, 5.74) is 0.677. The number of carbonyl (C=O) groups excluding carboxylic acids is 2. The number of benzene rings is 1. The van der Waals surface area contributed by atoms with Crippen LogP contribution in [0, 0.1) is 5.82 Å². The number of nitrogens with zero attached hydrogens (tertiary/aromatic N) is 2. The first-order chi connectivity index (χ1) is 11.6. The Morgan fingerprint density at radius 2 is 1.83 bits per heavy atom. The Kier molecular flexibility index (Phi) is 5.25. The largest absolute Gasteiger partial charge is 0.341 e. The van der Waals surface area contributed by atoms with Crippen LogP contribution in [0.1, 0.15) is 21.7 Å².